The summed E-state index contributed by atoms with van der Waals surface area (Å²) in [4.78, 5) is 39.4. The summed E-state index contributed by atoms with van der Waals surface area (Å²) in [6.45, 7) is 0.514. The SMILES string of the molecule is CN1C(=O)C(/C=N\C(=O)c2ncn(Cc3ccccc3)n2)CSc2cc3[nH]ccc3cc21. The molecular weight excluding hydrogens is 424 g/mol. The lowest BCUT2D eigenvalue weighted by atomic mass is 10.1. The second-order valence-corrected chi connectivity index (χ2v) is 8.60. The predicted molar refractivity (Wildman–Crippen MR) is 124 cm³/mol. The summed E-state index contributed by atoms with van der Waals surface area (Å²) in [5.74, 6) is -0.685. The fourth-order valence-electron chi connectivity index (χ4n) is 3.63. The van der Waals surface area contributed by atoms with E-state index in [4.69, 9.17) is 0 Å². The minimum atomic E-state index is -0.563. The number of aliphatic imine (C=N–C) groups is 1. The molecule has 1 unspecified atom stereocenters. The zero-order valence-corrected chi connectivity index (χ0v) is 18.1. The number of nitrogens with zero attached hydrogens (tertiary/aromatic N) is 5. The molecule has 4 aromatic rings. The fraction of sp³-hybridized carbons (Fsp3) is 0.174. The van der Waals surface area contributed by atoms with Crippen molar-refractivity contribution in [3.8, 4) is 0 Å². The molecule has 32 heavy (non-hydrogen) atoms. The maximum atomic E-state index is 13.0. The Balaban J connectivity index is 1.30. The molecule has 3 heterocycles. The first-order valence-electron chi connectivity index (χ1n) is 10.1. The molecule has 8 nitrogen and oxygen atoms in total. The van der Waals surface area contributed by atoms with Crippen molar-refractivity contribution >= 4 is 46.4 Å². The van der Waals surface area contributed by atoms with Gasteiger partial charge in [0.25, 0.3) is 0 Å². The number of benzene rings is 2. The number of nitrogens with one attached hydrogen (secondary N) is 1. The molecule has 1 aliphatic rings. The van der Waals surface area contributed by atoms with Crippen LogP contribution in [0.15, 0.2) is 70.9 Å². The minimum absolute atomic E-state index is 0.0110. The lowest BCUT2D eigenvalue weighted by molar-refractivity contribution is -0.119. The van der Waals surface area contributed by atoms with Crippen LogP contribution in [0.2, 0.25) is 0 Å². The number of thioether (sulfide) groups is 1. The number of aromatic amines is 1. The van der Waals surface area contributed by atoms with E-state index in [1.54, 1.807) is 28.4 Å². The molecule has 160 valence electrons. The van der Waals surface area contributed by atoms with E-state index in [9.17, 15) is 9.59 Å². The van der Waals surface area contributed by atoms with Crippen LogP contribution < -0.4 is 4.90 Å². The third kappa shape index (κ3) is 3.94. The Morgan fingerprint density at radius 1 is 1.28 bits per heavy atom. The molecule has 1 aliphatic heterocycles. The molecule has 2 amide bonds. The van der Waals surface area contributed by atoms with E-state index in [0.717, 1.165) is 27.0 Å². The number of anilines is 1. The van der Waals surface area contributed by atoms with Gasteiger partial charge >= 0.3 is 5.91 Å². The highest BCUT2D eigenvalue weighted by Gasteiger charge is 2.28. The van der Waals surface area contributed by atoms with Crippen LogP contribution in [0.3, 0.4) is 0 Å². The van der Waals surface area contributed by atoms with Crippen LogP contribution in [-0.4, -0.2) is 50.6 Å². The molecule has 0 saturated carbocycles. The number of carbonyl (C=O) groups excluding carboxylic acids is 2. The third-order valence-electron chi connectivity index (χ3n) is 5.35. The Hall–Kier alpha value is -3.72. The van der Waals surface area contributed by atoms with Gasteiger partial charge in [0.15, 0.2) is 0 Å². The third-order valence-corrected chi connectivity index (χ3v) is 6.51. The van der Waals surface area contributed by atoms with Crippen LogP contribution in [0.25, 0.3) is 10.9 Å². The van der Waals surface area contributed by atoms with E-state index < -0.39 is 11.8 Å². The summed E-state index contributed by atoms with van der Waals surface area (Å²) in [7, 11) is 1.75. The van der Waals surface area contributed by atoms with Crippen LogP contribution >= 0.6 is 11.8 Å². The minimum Gasteiger partial charge on any atom is -0.361 e. The average Bonchev–Trinajstić information content (AvgIpc) is 3.45. The van der Waals surface area contributed by atoms with Gasteiger partial charge in [0, 0.05) is 41.0 Å². The first-order valence-corrected chi connectivity index (χ1v) is 11.1. The Bertz CT molecular complexity index is 1330. The number of hydrogen-bond donors (Lipinski definition) is 1. The quantitative estimate of drug-likeness (QED) is 0.487. The molecule has 9 heteroatoms. The molecule has 1 atom stereocenters. The van der Waals surface area contributed by atoms with Crippen molar-refractivity contribution < 1.29 is 9.59 Å². The molecular formula is C23H20N6O2S. The number of aromatic nitrogens is 4. The highest BCUT2D eigenvalue weighted by Crippen LogP contribution is 2.37. The highest BCUT2D eigenvalue weighted by molar-refractivity contribution is 7.99. The largest absolute Gasteiger partial charge is 0.361 e. The van der Waals surface area contributed by atoms with E-state index in [-0.39, 0.29) is 11.7 Å². The fourth-order valence-corrected chi connectivity index (χ4v) is 4.76. The first kappa shape index (κ1) is 20.2. The zero-order valence-electron chi connectivity index (χ0n) is 17.3. The Morgan fingerprint density at radius 2 is 2.12 bits per heavy atom. The van der Waals surface area contributed by atoms with Gasteiger partial charge in [-0.25, -0.2) is 14.7 Å². The van der Waals surface area contributed by atoms with Crippen molar-refractivity contribution in [3.63, 3.8) is 0 Å². The van der Waals surface area contributed by atoms with Gasteiger partial charge in [-0.05, 0) is 23.8 Å². The summed E-state index contributed by atoms with van der Waals surface area (Å²) < 4.78 is 1.59. The Morgan fingerprint density at radius 3 is 2.97 bits per heavy atom. The number of fused-ring (bicyclic) bond motifs is 2. The van der Waals surface area contributed by atoms with E-state index in [1.807, 2.05) is 54.7 Å². The molecule has 0 bridgehead atoms. The van der Waals surface area contributed by atoms with Gasteiger partial charge in [0.05, 0.1) is 18.2 Å². The molecule has 1 N–H and O–H groups in total. The first-order chi connectivity index (χ1) is 15.6. The topological polar surface area (TPSA) is 96.2 Å². The molecule has 2 aromatic carbocycles. The van der Waals surface area contributed by atoms with Crippen LogP contribution in [0.1, 0.15) is 16.2 Å². The summed E-state index contributed by atoms with van der Waals surface area (Å²) in [5, 5.41) is 5.26. The second kappa shape index (κ2) is 8.43. The number of hydrogen-bond acceptors (Lipinski definition) is 5. The molecule has 5 rings (SSSR count). The molecule has 0 fully saturated rings. The predicted octanol–water partition coefficient (Wildman–Crippen LogP) is 3.40. The van der Waals surface area contributed by atoms with Crippen molar-refractivity contribution in [2.75, 3.05) is 17.7 Å². The van der Waals surface area contributed by atoms with Crippen LogP contribution in [0.4, 0.5) is 5.69 Å². The monoisotopic (exact) mass is 444 g/mol. The van der Waals surface area contributed by atoms with E-state index in [0.29, 0.717) is 12.3 Å². The van der Waals surface area contributed by atoms with Gasteiger partial charge in [0.1, 0.15) is 6.33 Å². The number of carbonyl (C=O) groups is 2. The lowest BCUT2D eigenvalue weighted by Gasteiger charge is -2.19. The number of amides is 2. The van der Waals surface area contributed by atoms with Gasteiger partial charge in [-0.2, -0.15) is 0 Å². The summed E-state index contributed by atoms with van der Waals surface area (Å²) in [6, 6.07) is 15.8. The summed E-state index contributed by atoms with van der Waals surface area (Å²) >= 11 is 1.58. The molecule has 0 aliphatic carbocycles. The van der Waals surface area contributed by atoms with Crippen LogP contribution in [0.5, 0.6) is 0 Å². The standard InChI is InChI=1S/C23H20N6O2S/c1-28-19-9-16-7-8-24-18(16)10-20(19)32-13-17(23(28)31)11-25-22(30)21-26-14-29(27-21)12-15-5-3-2-4-6-15/h2-11,14,17,24H,12-13H2,1H3/b25-11-. The molecule has 0 radical (unpaired) electrons. The lowest BCUT2D eigenvalue weighted by Crippen LogP contribution is -2.33. The van der Waals surface area contributed by atoms with Gasteiger partial charge in [0.2, 0.25) is 11.7 Å². The normalized spacial score (nSPS) is 16.5. The van der Waals surface area contributed by atoms with Crippen LogP contribution in [0, 0.1) is 5.92 Å². The van der Waals surface area contributed by atoms with Crippen molar-refractivity contribution in [2.45, 2.75) is 11.4 Å². The van der Waals surface area contributed by atoms with Gasteiger partial charge in [-0.15, -0.1) is 16.9 Å². The van der Waals surface area contributed by atoms with Crippen molar-refractivity contribution in [3.05, 3.63) is 72.4 Å². The van der Waals surface area contributed by atoms with Crippen molar-refractivity contribution in [1.29, 1.82) is 0 Å². The Labute approximate surface area is 188 Å². The summed E-state index contributed by atoms with van der Waals surface area (Å²) in [5.41, 5.74) is 2.94. The Kier molecular flexibility index (Phi) is 5.32. The van der Waals surface area contributed by atoms with E-state index in [1.165, 1.54) is 12.5 Å². The van der Waals surface area contributed by atoms with E-state index in [2.05, 4.69) is 20.1 Å². The van der Waals surface area contributed by atoms with E-state index >= 15 is 0 Å². The smallest absolute Gasteiger partial charge is 0.316 e. The maximum absolute atomic E-state index is 13.0. The van der Waals surface area contributed by atoms with Crippen LogP contribution in [-0.2, 0) is 11.3 Å². The molecule has 0 saturated heterocycles. The van der Waals surface area contributed by atoms with Crippen molar-refractivity contribution in [2.24, 2.45) is 10.9 Å². The number of H-pyrrole nitrogens is 1. The summed E-state index contributed by atoms with van der Waals surface area (Å²) in [6.07, 6.45) is 4.81. The average molecular weight is 445 g/mol. The zero-order chi connectivity index (χ0) is 22.1. The van der Waals surface area contributed by atoms with Crippen molar-refractivity contribution in [1.82, 2.24) is 19.7 Å². The highest BCUT2D eigenvalue weighted by atomic mass is 32.2. The molecule has 0 spiro atoms. The second-order valence-electron chi connectivity index (χ2n) is 7.53. The maximum Gasteiger partial charge on any atom is 0.316 e. The van der Waals surface area contributed by atoms with Gasteiger partial charge in [-0.1, -0.05) is 30.3 Å². The number of rotatable bonds is 4. The molecule has 2 aromatic heterocycles. The van der Waals surface area contributed by atoms with Gasteiger partial charge < -0.3 is 9.88 Å². The van der Waals surface area contributed by atoms with Gasteiger partial charge in [-0.3, -0.25) is 9.59 Å².